The predicted octanol–water partition coefficient (Wildman–Crippen LogP) is 5.64. The molecule has 0 fully saturated rings. The highest BCUT2D eigenvalue weighted by atomic mass is 16.5. The Labute approximate surface area is 154 Å². The van der Waals surface area contributed by atoms with E-state index in [-0.39, 0.29) is 5.63 Å². The van der Waals surface area contributed by atoms with Gasteiger partial charge in [0.05, 0.1) is 0 Å². The minimum Gasteiger partial charge on any atom is -0.488 e. The second-order valence-electron chi connectivity index (χ2n) is 6.98. The first-order valence-corrected chi connectivity index (χ1v) is 9.25. The number of aryl methyl sites for hydroxylation is 4. The summed E-state index contributed by atoms with van der Waals surface area (Å²) in [6.45, 7) is 8.77. The fraction of sp³-hybridized carbons (Fsp3) is 0.348. The lowest BCUT2D eigenvalue weighted by Crippen LogP contribution is -2.04. The van der Waals surface area contributed by atoms with E-state index in [0.717, 1.165) is 41.5 Å². The van der Waals surface area contributed by atoms with Crippen LogP contribution in [0.5, 0.6) is 5.75 Å². The molecule has 1 heterocycles. The Morgan fingerprint density at radius 3 is 2.58 bits per heavy atom. The van der Waals surface area contributed by atoms with Crippen molar-refractivity contribution in [3.05, 3.63) is 74.6 Å². The molecule has 3 aromatic rings. The van der Waals surface area contributed by atoms with Crippen molar-refractivity contribution < 1.29 is 9.15 Å². The first-order chi connectivity index (χ1) is 12.5. The Morgan fingerprint density at radius 1 is 1.00 bits per heavy atom. The lowest BCUT2D eigenvalue weighted by molar-refractivity contribution is 0.303. The summed E-state index contributed by atoms with van der Waals surface area (Å²) in [4.78, 5) is 12.0. The second-order valence-corrected chi connectivity index (χ2v) is 6.98. The molecule has 0 radical (unpaired) electrons. The lowest BCUT2D eigenvalue weighted by Gasteiger charge is -2.14. The van der Waals surface area contributed by atoms with Gasteiger partial charge >= 0.3 is 5.63 Å². The zero-order valence-corrected chi connectivity index (χ0v) is 16.0. The zero-order valence-electron chi connectivity index (χ0n) is 16.0. The third-order valence-electron chi connectivity index (χ3n) is 4.88. The summed E-state index contributed by atoms with van der Waals surface area (Å²) in [5.74, 6) is 0.759. The van der Waals surface area contributed by atoms with E-state index in [2.05, 4.69) is 39.0 Å². The smallest absolute Gasteiger partial charge is 0.336 e. The fourth-order valence-electron chi connectivity index (χ4n) is 3.25. The van der Waals surface area contributed by atoms with Gasteiger partial charge in [-0.1, -0.05) is 37.1 Å². The minimum atomic E-state index is -0.293. The van der Waals surface area contributed by atoms with Gasteiger partial charge in [-0.2, -0.15) is 0 Å². The maximum absolute atomic E-state index is 12.0. The zero-order chi connectivity index (χ0) is 18.7. The van der Waals surface area contributed by atoms with Crippen LogP contribution in [0.2, 0.25) is 0 Å². The molecular weight excluding hydrogens is 324 g/mol. The van der Waals surface area contributed by atoms with Crippen molar-refractivity contribution in [2.45, 2.75) is 53.6 Å². The van der Waals surface area contributed by atoms with Gasteiger partial charge in [0.1, 0.15) is 17.9 Å². The monoisotopic (exact) mass is 350 g/mol. The van der Waals surface area contributed by atoms with Crippen LogP contribution >= 0.6 is 0 Å². The van der Waals surface area contributed by atoms with Crippen LogP contribution in [0.4, 0.5) is 0 Å². The number of rotatable bonds is 6. The standard InChI is InChI=1S/C23H26O3/c1-5-6-7-18-13-22(24)26-23-17(4)21(11-10-20(18)23)25-14-19-12-15(2)8-9-16(19)3/h8-13H,5-7,14H2,1-4H3. The van der Waals surface area contributed by atoms with Crippen molar-refractivity contribution in [2.75, 3.05) is 0 Å². The van der Waals surface area contributed by atoms with E-state index in [4.69, 9.17) is 9.15 Å². The van der Waals surface area contributed by atoms with E-state index in [1.165, 1.54) is 16.7 Å². The van der Waals surface area contributed by atoms with E-state index < -0.39 is 0 Å². The van der Waals surface area contributed by atoms with Crippen molar-refractivity contribution in [3.8, 4) is 5.75 Å². The topological polar surface area (TPSA) is 39.4 Å². The number of fused-ring (bicyclic) bond motifs is 1. The van der Waals surface area contributed by atoms with Gasteiger partial charge in [-0.25, -0.2) is 4.79 Å². The Balaban J connectivity index is 1.94. The molecule has 0 unspecified atom stereocenters. The molecule has 26 heavy (non-hydrogen) atoms. The summed E-state index contributed by atoms with van der Waals surface area (Å²) in [6.07, 6.45) is 3.04. The van der Waals surface area contributed by atoms with Crippen molar-refractivity contribution in [1.82, 2.24) is 0 Å². The molecule has 0 saturated carbocycles. The van der Waals surface area contributed by atoms with Gasteiger partial charge in [0.2, 0.25) is 0 Å². The Kier molecular flexibility index (Phi) is 5.46. The van der Waals surface area contributed by atoms with Crippen LogP contribution in [0.25, 0.3) is 11.0 Å². The van der Waals surface area contributed by atoms with E-state index in [9.17, 15) is 4.79 Å². The second kappa shape index (κ2) is 7.77. The quantitative estimate of drug-likeness (QED) is 0.540. The summed E-state index contributed by atoms with van der Waals surface area (Å²) in [6, 6.07) is 12.0. The van der Waals surface area contributed by atoms with Crippen LogP contribution in [-0.4, -0.2) is 0 Å². The van der Waals surface area contributed by atoms with Crippen LogP contribution < -0.4 is 10.4 Å². The first-order valence-electron chi connectivity index (χ1n) is 9.25. The Morgan fingerprint density at radius 2 is 1.81 bits per heavy atom. The fourth-order valence-corrected chi connectivity index (χ4v) is 3.25. The molecule has 2 aromatic carbocycles. The van der Waals surface area contributed by atoms with Gasteiger partial charge in [-0.3, -0.25) is 0 Å². The van der Waals surface area contributed by atoms with E-state index in [1.54, 1.807) is 6.07 Å². The van der Waals surface area contributed by atoms with Gasteiger partial charge in [-0.05, 0) is 62.4 Å². The van der Waals surface area contributed by atoms with Crippen molar-refractivity contribution in [2.24, 2.45) is 0 Å². The number of hydrogen-bond donors (Lipinski definition) is 0. The molecule has 0 aliphatic carbocycles. The molecule has 1 aromatic heterocycles. The molecule has 3 nitrogen and oxygen atoms in total. The molecule has 0 spiro atoms. The molecular formula is C23H26O3. The van der Waals surface area contributed by atoms with Crippen LogP contribution in [0.15, 0.2) is 45.6 Å². The van der Waals surface area contributed by atoms with Crippen molar-refractivity contribution in [3.63, 3.8) is 0 Å². The number of hydrogen-bond acceptors (Lipinski definition) is 3. The van der Waals surface area contributed by atoms with Crippen LogP contribution in [0.3, 0.4) is 0 Å². The van der Waals surface area contributed by atoms with Gasteiger partial charge in [0.25, 0.3) is 0 Å². The van der Waals surface area contributed by atoms with Crippen molar-refractivity contribution >= 4 is 11.0 Å². The highest BCUT2D eigenvalue weighted by Crippen LogP contribution is 2.30. The Hall–Kier alpha value is -2.55. The van der Waals surface area contributed by atoms with Gasteiger partial charge < -0.3 is 9.15 Å². The third kappa shape index (κ3) is 3.82. The van der Waals surface area contributed by atoms with Gasteiger partial charge in [0.15, 0.2) is 0 Å². The first kappa shape index (κ1) is 18.2. The highest BCUT2D eigenvalue weighted by molar-refractivity contribution is 5.85. The summed E-state index contributed by atoms with van der Waals surface area (Å²) in [5, 5.41) is 1.01. The maximum atomic E-state index is 12.0. The predicted molar refractivity (Wildman–Crippen MR) is 106 cm³/mol. The maximum Gasteiger partial charge on any atom is 0.336 e. The molecule has 0 N–H and O–H groups in total. The average Bonchev–Trinajstić information content (AvgIpc) is 2.62. The molecule has 0 saturated heterocycles. The summed E-state index contributed by atoms with van der Waals surface area (Å²) >= 11 is 0. The third-order valence-corrected chi connectivity index (χ3v) is 4.88. The molecule has 136 valence electrons. The molecule has 0 atom stereocenters. The summed E-state index contributed by atoms with van der Waals surface area (Å²) < 4.78 is 11.6. The molecule has 0 amide bonds. The number of ether oxygens (including phenoxy) is 1. The van der Waals surface area contributed by atoms with Gasteiger partial charge in [-0.15, -0.1) is 0 Å². The molecule has 3 rings (SSSR count). The SMILES string of the molecule is CCCCc1cc(=O)oc2c(C)c(OCc3cc(C)ccc3C)ccc12. The van der Waals surface area contributed by atoms with Crippen LogP contribution in [0.1, 0.15) is 47.6 Å². The molecule has 0 bridgehead atoms. The molecule has 3 heteroatoms. The highest BCUT2D eigenvalue weighted by Gasteiger charge is 2.12. The lowest BCUT2D eigenvalue weighted by atomic mass is 10.0. The van der Waals surface area contributed by atoms with Crippen molar-refractivity contribution in [1.29, 1.82) is 0 Å². The summed E-state index contributed by atoms with van der Waals surface area (Å²) in [7, 11) is 0. The summed E-state index contributed by atoms with van der Waals surface area (Å²) in [5.41, 5.74) is 5.88. The van der Waals surface area contributed by atoms with Gasteiger partial charge in [0, 0.05) is 17.0 Å². The minimum absolute atomic E-state index is 0.293. The van der Waals surface area contributed by atoms with E-state index in [0.29, 0.717) is 12.2 Å². The molecule has 0 aliphatic rings. The average molecular weight is 350 g/mol. The normalized spacial score (nSPS) is 11.1. The molecule has 0 aliphatic heterocycles. The van der Waals surface area contributed by atoms with E-state index in [1.807, 2.05) is 19.1 Å². The van der Waals surface area contributed by atoms with Crippen LogP contribution in [-0.2, 0) is 13.0 Å². The van der Waals surface area contributed by atoms with Crippen LogP contribution in [0, 0.1) is 20.8 Å². The Bertz CT molecular complexity index is 983. The number of benzene rings is 2. The number of unbranched alkanes of at least 4 members (excludes halogenated alkanes) is 1. The van der Waals surface area contributed by atoms with E-state index >= 15 is 0 Å². The largest absolute Gasteiger partial charge is 0.488 e.